The molecule has 0 saturated heterocycles. The summed E-state index contributed by atoms with van der Waals surface area (Å²) in [5.74, 6) is -0.996. The molecule has 0 radical (unpaired) electrons. The largest absolute Gasteiger partial charge is 0.478 e. The third-order valence-electron chi connectivity index (χ3n) is 2.78. The molecule has 0 unspecified atom stereocenters. The zero-order valence-electron chi connectivity index (χ0n) is 10.1. The highest BCUT2D eigenvalue weighted by Gasteiger charge is 2.19. The van der Waals surface area contributed by atoms with Gasteiger partial charge in [0.05, 0.1) is 11.1 Å². The number of benzene rings is 2. The van der Waals surface area contributed by atoms with Gasteiger partial charge in [-0.1, -0.05) is 30.3 Å². The molecule has 2 aromatic carbocycles. The van der Waals surface area contributed by atoms with E-state index < -0.39 is 5.97 Å². The summed E-state index contributed by atoms with van der Waals surface area (Å²) in [4.78, 5) is 23.4. The fourth-order valence-electron chi connectivity index (χ4n) is 1.95. The van der Waals surface area contributed by atoms with Crippen molar-refractivity contribution in [2.24, 2.45) is 0 Å². The molecule has 98 valence electrons. The molecule has 0 saturated carbocycles. The van der Waals surface area contributed by atoms with Gasteiger partial charge in [-0.15, -0.1) is 0 Å². The highest BCUT2D eigenvalue weighted by molar-refractivity contribution is 7.80. The monoisotopic (exact) mass is 275 g/mol. The van der Waals surface area contributed by atoms with Crippen molar-refractivity contribution >= 4 is 35.3 Å². The van der Waals surface area contributed by atoms with Crippen LogP contribution in [0.1, 0.15) is 20.7 Å². The minimum Gasteiger partial charge on any atom is -0.478 e. The Kier molecular flexibility index (Phi) is 4.06. The summed E-state index contributed by atoms with van der Waals surface area (Å²) in [7, 11) is 0. The van der Waals surface area contributed by atoms with Crippen LogP contribution in [0.3, 0.4) is 0 Å². The average Bonchev–Trinajstić information content (AvgIpc) is 2.43. The van der Waals surface area contributed by atoms with E-state index in [0.717, 1.165) is 5.39 Å². The summed E-state index contributed by atoms with van der Waals surface area (Å²) in [6.45, 7) is 0.393. The van der Waals surface area contributed by atoms with Gasteiger partial charge >= 0.3 is 5.97 Å². The van der Waals surface area contributed by atoms with Crippen LogP contribution in [0.25, 0.3) is 10.8 Å². The topological polar surface area (TPSA) is 66.4 Å². The van der Waals surface area contributed by atoms with Crippen LogP contribution in [0.5, 0.6) is 0 Å². The van der Waals surface area contributed by atoms with Crippen molar-refractivity contribution < 1.29 is 14.7 Å². The van der Waals surface area contributed by atoms with Gasteiger partial charge in [0.15, 0.2) is 0 Å². The molecule has 0 aliphatic carbocycles. The van der Waals surface area contributed by atoms with Crippen molar-refractivity contribution in [2.45, 2.75) is 0 Å². The molecule has 19 heavy (non-hydrogen) atoms. The van der Waals surface area contributed by atoms with Gasteiger partial charge < -0.3 is 10.4 Å². The molecular weight excluding hydrogens is 262 g/mol. The molecule has 2 aromatic rings. The molecule has 0 fully saturated rings. The van der Waals surface area contributed by atoms with Crippen LogP contribution in [0, 0.1) is 0 Å². The van der Waals surface area contributed by atoms with E-state index in [1.54, 1.807) is 18.2 Å². The van der Waals surface area contributed by atoms with Crippen LogP contribution >= 0.6 is 12.6 Å². The second-order valence-corrected chi connectivity index (χ2v) is 4.44. The molecule has 1 amide bonds. The number of aromatic carboxylic acids is 1. The van der Waals surface area contributed by atoms with Gasteiger partial charge in [0, 0.05) is 12.3 Å². The predicted molar refractivity (Wildman–Crippen MR) is 77.1 cm³/mol. The Hall–Kier alpha value is -2.01. The van der Waals surface area contributed by atoms with Gasteiger partial charge in [0.2, 0.25) is 0 Å². The Morgan fingerprint density at radius 1 is 1.16 bits per heavy atom. The van der Waals surface area contributed by atoms with E-state index in [1.807, 2.05) is 12.1 Å². The first-order valence-electron chi connectivity index (χ1n) is 5.79. The van der Waals surface area contributed by atoms with Gasteiger partial charge in [-0.3, -0.25) is 4.79 Å². The number of hydrogen-bond acceptors (Lipinski definition) is 3. The molecule has 0 aliphatic rings. The highest BCUT2D eigenvalue weighted by Crippen LogP contribution is 2.22. The maximum absolute atomic E-state index is 12.1. The van der Waals surface area contributed by atoms with Crippen LogP contribution in [-0.2, 0) is 0 Å². The lowest BCUT2D eigenvalue weighted by Crippen LogP contribution is -2.27. The molecule has 0 aliphatic heterocycles. The quantitative estimate of drug-likeness (QED) is 0.749. The molecule has 4 nitrogen and oxygen atoms in total. The Morgan fingerprint density at radius 3 is 2.58 bits per heavy atom. The Labute approximate surface area is 115 Å². The second-order valence-electron chi connectivity index (χ2n) is 3.99. The number of carbonyl (C=O) groups is 2. The second kappa shape index (κ2) is 5.75. The fraction of sp³-hybridized carbons (Fsp3) is 0.143. The number of rotatable bonds is 4. The predicted octanol–water partition coefficient (Wildman–Crippen LogP) is 2.20. The van der Waals surface area contributed by atoms with Crippen molar-refractivity contribution in [3.8, 4) is 0 Å². The zero-order valence-corrected chi connectivity index (χ0v) is 11.0. The van der Waals surface area contributed by atoms with Crippen LogP contribution in [0.4, 0.5) is 0 Å². The minimum absolute atomic E-state index is 0.00960. The zero-order chi connectivity index (χ0) is 13.8. The third-order valence-corrected chi connectivity index (χ3v) is 3.01. The smallest absolute Gasteiger partial charge is 0.336 e. The summed E-state index contributed by atoms with van der Waals surface area (Å²) in [6, 6.07) is 10.4. The van der Waals surface area contributed by atoms with Crippen molar-refractivity contribution in [3.05, 3.63) is 47.5 Å². The first-order chi connectivity index (χ1) is 9.15. The highest BCUT2D eigenvalue weighted by atomic mass is 32.1. The molecule has 0 aromatic heterocycles. The minimum atomic E-state index is -1.11. The van der Waals surface area contributed by atoms with Gasteiger partial charge in [-0.25, -0.2) is 4.79 Å². The van der Waals surface area contributed by atoms with Gasteiger partial charge in [0.1, 0.15) is 0 Å². The number of nitrogens with one attached hydrogen (secondary N) is 1. The number of thiol groups is 1. The summed E-state index contributed by atoms with van der Waals surface area (Å²) < 4.78 is 0. The van der Waals surface area contributed by atoms with Crippen LogP contribution in [-0.4, -0.2) is 29.3 Å². The average molecular weight is 275 g/mol. The molecule has 0 bridgehead atoms. The molecular formula is C14H13NO3S. The van der Waals surface area contributed by atoms with Crippen LogP contribution in [0.2, 0.25) is 0 Å². The molecule has 0 spiro atoms. The summed E-state index contributed by atoms with van der Waals surface area (Å²) in [5.41, 5.74) is 0.211. The SMILES string of the molecule is O=C(O)c1ccc2ccccc2c1C(=O)NCCS. The number of amides is 1. The van der Waals surface area contributed by atoms with Gasteiger partial charge in [-0.05, 0) is 16.8 Å². The van der Waals surface area contributed by atoms with Gasteiger partial charge in [0.25, 0.3) is 5.91 Å². The first-order valence-corrected chi connectivity index (χ1v) is 6.42. The van der Waals surface area contributed by atoms with Gasteiger partial charge in [-0.2, -0.15) is 12.6 Å². The van der Waals surface area contributed by atoms with E-state index in [4.69, 9.17) is 0 Å². The normalized spacial score (nSPS) is 10.4. The van der Waals surface area contributed by atoms with Crippen LogP contribution in [0.15, 0.2) is 36.4 Å². The number of hydrogen-bond donors (Lipinski definition) is 3. The van der Waals surface area contributed by atoms with Crippen molar-refractivity contribution in [1.29, 1.82) is 0 Å². The first kappa shape index (κ1) is 13.4. The van der Waals surface area contributed by atoms with E-state index in [9.17, 15) is 14.7 Å². The maximum Gasteiger partial charge on any atom is 0.336 e. The number of fused-ring (bicyclic) bond motifs is 1. The Balaban J connectivity index is 2.62. The number of carboxylic acid groups (broad SMARTS) is 1. The maximum atomic E-state index is 12.1. The number of carboxylic acids is 1. The van der Waals surface area contributed by atoms with E-state index >= 15 is 0 Å². The van der Waals surface area contributed by atoms with Crippen molar-refractivity contribution in [3.63, 3.8) is 0 Å². The molecule has 0 atom stereocenters. The van der Waals surface area contributed by atoms with Crippen molar-refractivity contribution in [1.82, 2.24) is 5.32 Å². The number of carbonyl (C=O) groups excluding carboxylic acids is 1. The molecule has 2 rings (SSSR count). The summed E-state index contributed by atoms with van der Waals surface area (Å²) in [5, 5.41) is 13.3. The third kappa shape index (κ3) is 2.71. The molecule has 0 heterocycles. The van der Waals surface area contributed by atoms with E-state index in [0.29, 0.717) is 17.7 Å². The van der Waals surface area contributed by atoms with E-state index in [1.165, 1.54) is 6.07 Å². The Morgan fingerprint density at radius 2 is 1.89 bits per heavy atom. The molecule has 2 N–H and O–H groups in total. The lowest BCUT2D eigenvalue weighted by molar-refractivity contribution is 0.0691. The fourth-order valence-corrected chi connectivity index (χ4v) is 2.06. The van der Waals surface area contributed by atoms with E-state index in [-0.39, 0.29) is 17.0 Å². The summed E-state index contributed by atoms with van der Waals surface area (Å²) in [6.07, 6.45) is 0. The van der Waals surface area contributed by atoms with E-state index in [2.05, 4.69) is 17.9 Å². The summed E-state index contributed by atoms with van der Waals surface area (Å²) >= 11 is 4.02. The van der Waals surface area contributed by atoms with Crippen molar-refractivity contribution in [2.75, 3.05) is 12.3 Å². The lowest BCUT2D eigenvalue weighted by Gasteiger charge is -2.10. The standard InChI is InChI=1S/C14H13NO3S/c16-13(15-7-8-19)12-10-4-2-1-3-9(10)5-6-11(12)14(17)18/h1-6,19H,7-8H2,(H,15,16)(H,17,18). The lowest BCUT2D eigenvalue weighted by atomic mass is 9.98. The van der Waals surface area contributed by atoms with Crippen LogP contribution < -0.4 is 5.32 Å². The molecule has 5 heteroatoms. The Bertz CT molecular complexity index is 640.